The number of rotatable bonds is 9. The van der Waals surface area contributed by atoms with Gasteiger partial charge in [0.1, 0.15) is 0 Å². The maximum atomic E-state index is 12.2. The number of carbonyl (C=O) groups excluding carboxylic acids is 1. The molecule has 1 aliphatic carbocycles. The summed E-state index contributed by atoms with van der Waals surface area (Å²) in [7, 11) is 1.67. The Labute approximate surface area is 147 Å². The highest BCUT2D eigenvalue weighted by atomic mass is 32.2. The van der Waals surface area contributed by atoms with Gasteiger partial charge in [-0.3, -0.25) is 9.36 Å². The van der Waals surface area contributed by atoms with E-state index in [-0.39, 0.29) is 11.2 Å². The van der Waals surface area contributed by atoms with Crippen LogP contribution in [0.4, 0.5) is 5.95 Å². The summed E-state index contributed by atoms with van der Waals surface area (Å²) in [5, 5.41) is 12.5. The minimum absolute atomic E-state index is 0.0455. The quantitative estimate of drug-likeness (QED) is 0.539. The van der Waals surface area contributed by atoms with Crippen LogP contribution in [0.3, 0.4) is 0 Å². The standard InChI is InChI=1S/C16H27N5O2S/c1-12(14(22)17-8-5-11-23-2)24-16-19-18-15(20-9-3-4-10-20)21(16)13-6-7-13/h12-13H,3-11H2,1-2H3,(H,17,22). The third kappa shape index (κ3) is 4.22. The highest BCUT2D eigenvalue weighted by Crippen LogP contribution is 2.42. The van der Waals surface area contributed by atoms with E-state index < -0.39 is 0 Å². The Morgan fingerprint density at radius 3 is 2.79 bits per heavy atom. The number of amides is 1. The molecule has 1 aliphatic heterocycles. The first-order valence-corrected chi connectivity index (χ1v) is 9.72. The fraction of sp³-hybridized carbons (Fsp3) is 0.812. The highest BCUT2D eigenvalue weighted by molar-refractivity contribution is 8.00. The van der Waals surface area contributed by atoms with Crippen molar-refractivity contribution >= 4 is 23.6 Å². The van der Waals surface area contributed by atoms with E-state index in [4.69, 9.17) is 4.74 Å². The Bertz CT molecular complexity index is 555. The van der Waals surface area contributed by atoms with Crippen molar-refractivity contribution in [3.8, 4) is 0 Å². The molecule has 0 spiro atoms. The van der Waals surface area contributed by atoms with Gasteiger partial charge in [0, 0.05) is 39.4 Å². The lowest BCUT2D eigenvalue weighted by Crippen LogP contribution is -2.32. The molecule has 1 N–H and O–H groups in total. The average Bonchev–Trinajstić information content (AvgIpc) is 3.10. The van der Waals surface area contributed by atoms with Crippen molar-refractivity contribution in [2.45, 2.75) is 55.5 Å². The molecular weight excluding hydrogens is 326 g/mol. The lowest BCUT2D eigenvalue weighted by molar-refractivity contribution is -0.120. The lowest BCUT2D eigenvalue weighted by atomic mass is 10.4. The first-order valence-electron chi connectivity index (χ1n) is 8.84. The van der Waals surface area contributed by atoms with E-state index in [9.17, 15) is 4.79 Å². The van der Waals surface area contributed by atoms with Crippen LogP contribution in [-0.4, -0.2) is 59.3 Å². The van der Waals surface area contributed by atoms with Crippen molar-refractivity contribution < 1.29 is 9.53 Å². The molecule has 2 heterocycles. The summed E-state index contributed by atoms with van der Waals surface area (Å²) in [6, 6.07) is 0.509. The van der Waals surface area contributed by atoms with Crippen molar-refractivity contribution in [2.75, 3.05) is 38.3 Å². The molecule has 8 heteroatoms. The summed E-state index contributed by atoms with van der Waals surface area (Å²) in [5.74, 6) is 1.04. The summed E-state index contributed by atoms with van der Waals surface area (Å²) in [4.78, 5) is 14.6. The molecule has 0 radical (unpaired) electrons. The molecule has 1 aromatic heterocycles. The molecule has 2 fully saturated rings. The van der Waals surface area contributed by atoms with Gasteiger partial charge in [-0.1, -0.05) is 11.8 Å². The molecule has 1 amide bonds. The van der Waals surface area contributed by atoms with Crippen LogP contribution >= 0.6 is 11.8 Å². The number of anilines is 1. The van der Waals surface area contributed by atoms with Gasteiger partial charge in [-0.2, -0.15) is 0 Å². The van der Waals surface area contributed by atoms with E-state index in [1.807, 2.05) is 6.92 Å². The summed E-state index contributed by atoms with van der Waals surface area (Å²) in [5.41, 5.74) is 0. The van der Waals surface area contributed by atoms with Gasteiger partial charge in [-0.15, -0.1) is 10.2 Å². The Kier molecular flexibility index (Phi) is 5.99. The number of hydrogen-bond acceptors (Lipinski definition) is 6. The average molecular weight is 353 g/mol. The molecule has 1 saturated carbocycles. The summed E-state index contributed by atoms with van der Waals surface area (Å²) in [6.07, 6.45) is 5.64. The largest absolute Gasteiger partial charge is 0.385 e. The first kappa shape index (κ1) is 17.5. The van der Waals surface area contributed by atoms with Crippen LogP contribution in [0.25, 0.3) is 0 Å². The van der Waals surface area contributed by atoms with Crippen molar-refractivity contribution in [1.29, 1.82) is 0 Å². The van der Waals surface area contributed by atoms with Crippen LogP contribution in [0.1, 0.15) is 45.1 Å². The number of aromatic nitrogens is 3. The smallest absolute Gasteiger partial charge is 0.233 e. The maximum absolute atomic E-state index is 12.2. The molecule has 0 bridgehead atoms. The summed E-state index contributed by atoms with van der Waals surface area (Å²) >= 11 is 1.51. The van der Waals surface area contributed by atoms with E-state index in [0.29, 0.717) is 19.2 Å². The summed E-state index contributed by atoms with van der Waals surface area (Å²) in [6.45, 7) is 5.36. The van der Waals surface area contributed by atoms with Crippen LogP contribution in [0.15, 0.2) is 5.16 Å². The second-order valence-electron chi connectivity index (χ2n) is 6.48. The zero-order valence-corrected chi connectivity index (χ0v) is 15.3. The SMILES string of the molecule is COCCCNC(=O)C(C)Sc1nnc(N2CCCC2)n1C1CC1. The van der Waals surface area contributed by atoms with Crippen molar-refractivity contribution in [3.63, 3.8) is 0 Å². The number of nitrogens with zero attached hydrogens (tertiary/aromatic N) is 4. The summed E-state index contributed by atoms with van der Waals surface area (Å²) < 4.78 is 7.25. The fourth-order valence-corrected chi connectivity index (χ4v) is 3.86. The monoisotopic (exact) mass is 353 g/mol. The van der Waals surface area contributed by atoms with Crippen molar-refractivity contribution in [1.82, 2.24) is 20.1 Å². The van der Waals surface area contributed by atoms with E-state index in [2.05, 4.69) is 25.0 Å². The predicted molar refractivity (Wildman–Crippen MR) is 94.6 cm³/mol. The molecule has 3 rings (SSSR count). The van der Waals surface area contributed by atoms with E-state index in [0.717, 1.165) is 30.6 Å². The van der Waals surface area contributed by atoms with Crippen LogP contribution in [0.5, 0.6) is 0 Å². The fourth-order valence-electron chi connectivity index (χ4n) is 2.92. The minimum Gasteiger partial charge on any atom is -0.385 e. The number of thioether (sulfide) groups is 1. The molecule has 1 unspecified atom stereocenters. The molecule has 2 aliphatic rings. The molecule has 134 valence electrons. The third-order valence-electron chi connectivity index (χ3n) is 4.42. The maximum Gasteiger partial charge on any atom is 0.233 e. The van der Waals surface area contributed by atoms with Gasteiger partial charge in [-0.05, 0) is 39.0 Å². The molecule has 0 aromatic carbocycles. The Morgan fingerprint density at radius 2 is 2.12 bits per heavy atom. The van der Waals surface area contributed by atoms with Gasteiger partial charge < -0.3 is 15.0 Å². The molecular formula is C16H27N5O2S. The second kappa shape index (κ2) is 8.20. The topological polar surface area (TPSA) is 72.3 Å². The van der Waals surface area contributed by atoms with Gasteiger partial charge in [0.2, 0.25) is 11.9 Å². The predicted octanol–water partition coefficient (Wildman–Crippen LogP) is 1.85. The second-order valence-corrected chi connectivity index (χ2v) is 7.78. The van der Waals surface area contributed by atoms with Crippen molar-refractivity contribution in [3.05, 3.63) is 0 Å². The Hall–Kier alpha value is -1.28. The van der Waals surface area contributed by atoms with Gasteiger partial charge in [0.25, 0.3) is 0 Å². The number of hydrogen-bond donors (Lipinski definition) is 1. The van der Waals surface area contributed by atoms with Crippen LogP contribution in [-0.2, 0) is 9.53 Å². The Balaban J connectivity index is 1.61. The van der Waals surface area contributed by atoms with E-state index in [1.165, 1.54) is 37.4 Å². The van der Waals surface area contributed by atoms with Gasteiger partial charge in [0.05, 0.1) is 5.25 Å². The first-order chi connectivity index (χ1) is 11.7. The molecule has 7 nitrogen and oxygen atoms in total. The molecule has 1 aromatic rings. The van der Waals surface area contributed by atoms with E-state index >= 15 is 0 Å². The zero-order chi connectivity index (χ0) is 16.9. The van der Waals surface area contributed by atoms with Crippen molar-refractivity contribution in [2.24, 2.45) is 0 Å². The zero-order valence-electron chi connectivity index (χ0n) is 14.5. The minimum atomic E-state index is -0.180. The molecule has 1 saturated heterocycles. The molecule has 24 heavy (non-hydrogen) atoms. The number of nitrogens with one attached hydrogen (secondary N) is 1. The number of methoxy groups -OCH3 is 1. The lowest BCUT2D eigenvalue weighted by Gasteiger charge is -2.18. The van der Waals surface area contributed by atoms with Gasteiger partial charge >= 0.3 is 0 Å². The van der Waals surface area contributed by atoms with E-state index in [1.54, 1.807) is 7.11 Å². The Morgan fingerprint density at radius 1 is 1.38 bits per heavy atom. The third-order valence-corrected chi connectivity index (χ3v) is 5.48. The normalized spacial score (nSPS) is 18.8. The van der Waals surface area contributed by atoms with Crippen LogP contribution < -0.4 is 10.2 Å². The van der Waals surface area contributed by atoms with Crippen LogP contribution in [0, 0.1) is 0 Å². The molecule has 1 atom stereocenters. The van der Waals surface area contributed by atoms with Gasteiger partial charge in [-0.25, -0.2) is 0 Å². The highest BCUT2D eigenvalue weighted by Gasteiger charge is 2.33. The van der Waals surface area contributed by atoms with Gasteiger partial charge in [0.15, 0.2) is 5.16 Å². The van der Waals surface area contributed by atoms with Crippen LogP contribution in [0.2, 0.25) is 0 Å². The number of carbonyl (C=O) groups is 1. The number of ether oxygens (including phenoxy) is 1.